The van der Waals surface area contributed by atoms with E-state index in [2.05, 4.69) is 0 Å². The second-order valence-corrected chi connectivity index (χ2v) is 13.4. The van der Waals surface area contributed by atoms with Crippen LogP contribution in [0.15, 0.2) is 18.2 Å². The van der Waals surface area contributed by atoms with Gasteiger partial charge in [-0.2, -0.15) is 0 Å². The van der Waals surface area contributed by atoms with Crippen LogP contribution in [0.25, 0.3) is 0 Å². The molecule has 3 atom stereocenters. The zero-order valence-electron chi connectivity index (χ0n) is 26.5. The van der Waals surface area contributed by atoms with Crippen LogP contribution in [0.5, 0.6) is 11.5 Å². The Morgan fingerprint density at radius 1 is 0.780 bits per heavy atom. The molecule has 41 heavy (non-hydrogen) atoms. The SMILES string of the molecule is CCC(C)(C)OC(=O)OC(C)[C@H](C)OC(=O)[C@@H](N)Cc1ccc(OC(=O)CC(C)(C)C)c(OC(=O)CC(C)(C)C)c1. The van der Waals surface area contributed by atoms with Crippen LogP contribution in [0.1, 0.15) is 101 Å². The normalized spacial score (nSPS) is 14.3. The smallest absolute Gasteiger partial charge is 0.458 e. The summed E-state index contributed by atoms with van der Waals surface area (Å²) in [4.78, 5) is 49.8. The molecular weight excluding hydrogens is 530 g/mol. The Morgan fingerprint density at radius 2 is 1.27 bits per heavy atom. The van der Waals surface area contributed by atoms with Crippen LogP contribution < -0.4 is 15.2 Å². The Morgan fingerprint density at radius 3 is 1.76 bits per heavy atom. The Kier molecular flexibility index (Phi) is 12.8. The highest BCUT2D eigenvalue weighted by Crippen LogP contribution is 2.32. The third-order valence-corrected chi connectivity index (χ3v) is 6.02. The van der Waals surface area contributed by atoms with Crippen molar-refractivity contribution < 1.29 is 42.9 Å². The lowest BCUT2D eigenvalue weighted by Gasteiger charge is -2.26. The first-order chi connectivity index (χ1) is 18.6. The lowest BCUT2D eigenvalue weighted by atomic mass is 9.92. The maximum Gasteiger partial charge on any atom is 0.509 e. The number of benzene rings is 1. The molecule has 0 fully saturated rings. The molecule has 1 aromatic rings. The molecule has 2 N–H and O–H groups in total. The van der Waals surface area contributed by atoms with Gasteiger partial charge in [0.2, 0.25) is 0 Å². The van der Waals surface area contributed by atoms with Crippen LogP contribution in [0.3, 0.4) is 0 Å². The molecule has 1 aromatic carbocycles. The van der Waals surface area contributed by atoms with Crippen molar-refractivity contribution in [2.75, 3.05) is 0 Å². The number of ether oxygens (including phenoxy) is 5. The van der Waals surface area contributed by atoms with E-state index in [-0.39, 0.29) is 41.6 Å². The molecule has 0 aliphatic carbocycles. The van der Waals surface area contributed by atoms with Gasteiger partial charge in [-0.15, -0.1) is 0 Å². The van der Waals surface area contributed by atoms with Gasteiger partial charge >= 0.3 is 24.1 Å². The van der Waals surface area contributed by atoms with Crippen LogP contribution in [0.4, 0.5) is 4.79 Å². The van der Waals surface area contributed by atoms with Crippen LogP contribution in [-0.2, 0) is 35.0 Å². The summed E-state index contributed by atoms with van der Waals surface area (Å²) in [6.07, 6.45) is -1.46. The maximum atomic E-state index is 12.7. The molecule has 10 nitrogen and oxygen atoms in total. The molecule has 1 rings (SSSR count). The Bertz CT molecular complexity index is 1070. The van der Waals surface area contributed by atoms with E-state index in [9.17, 15) is 19.2 Å². The molecule has 0 radical (unpaired) electrons. The summed E-state index contributed by atoms with van der Waals surface area (Å²) in [5.74, 6) is -1.51. The van der Waals surface area contributed by atoms with Crippen molar-refractivity contribution in [1.82, 2.24) is 0 Å². The van der Waals surface area contributed by atoms with Crippen LogP contribution in [0, 0.1) is 10.8 Å². The molecule has 0 saturated heterocycles. The zero-order chi connectivity index (χ0) is 31.8. The first kappa shape index (κ1) is 35.9. The summed E-state index contributed by atoms with van der Waals surface area (Å²) in [7, 11) is 0. The first-order valence-electron chi connectivity index (χ1n) is 14.0. The van der Waals surface area contributed by atoms with Crippen molar-refractivity contribution >= 4 is 24.1 Å². The Hall–Kier alpha value is -3.14. The zero-order valence-corrected chi connectivity index (χ0v) is 26.5. The van der Waals surface area contributed by atoms with Crippen molar-refractivity contribution in [2.45, 2.75) is 126 Å². The highest BCUT2D eigenvalue weighted by atomic mass is 16.7. The fraction of sp³-hybridized carbons (Fsp3) is 0.677. The Balaban J connectivity index is 2.97. The maximum absolute atomic E-state index is 12.7. The van der Waals surface area contributed by atoms with Gasteiger partial charge in [0.15, 0.2) is 11.5 Å². The number of rotatable bonds is 12. The fourth-order valence-corrected chi connectivity index (χ4v) is 3.30. The average Bonchev–Trinajstić information content (AvgIpc) is 2.77. The summed E-state index contributed by atoms with van der Waals surface area (Å²) in [5.41, 5.74) is 5.40. The Labute approximate surface area is 244 Å². The molecule has 0 aliphatic heterocycles. The third kappa shape index (κ3) is 14.4. The van der Waals surface area contributed by atoms with Crippen molar-refractivity contribution in [1.29, 1.82) is 0 Å². The lowest BCUT2D eigenvalue weighted by molar-refractivity contribution is -0.156. The van der Waals surface area contributed by atoms with E-state index in [1.54, 1.807) is 33.8 Å². The van der Waals surface area contributed by atoms with Crippen molar-refractivity contribution in [3.05, 3.63) is 23.8 Å². The van der Waals surface area contributed by atoms with Gasteiger partial charge in [0, 0.05) is 0 Å². The highest BCUT2D eigenvalue weighted by Gasteiger charge is 2.28. The second-order valence-electron chi connectivity index (χ2n) is 13.4. The summed E-state index contributed by atoms with van der Waals surface area (Å²) >= 11 is 0. The summed E-state index contributed by atoms with van der Waals surface area (Å²) < 4.78 is 27.0. The number of esters is 3. The summed E-state index contributed by atoms with van der Waals surface area (Å²) in [5, 5.41) is 0. The molecule has 0 aliphatic rings. The van der Waals surface area contributed by atoms with Gasteiger partial charge in [-0.3, -0.25) is 14.4 Å². The van der Waals surface area contributed by atoms with Gasteiger partial charge in [0.25, 0.3) is 0 Å². The second kappa shape index (κ2) is 14.7. The van der Waals surface area contributed by atoms with E-state index in [1.807, 2.05) is 48.5 Å². The van der Waals surface area contributed by atoms with E-state index in [0.717, 1.165) is 0 Å². The number of nitrogens with two attached hydrogens (primary N) is 1. The van der Waals surface area contributed by atoms with Gasteiger partial charge in [0.05, 0.1) is 12.8 Å². The molecule has 232 valence electrons. The summed E-state index contributed by atoms with van der Waals surface area (Å²) in [6.45, 7) is 20.0. The van der Waals surface area contributed by atoms with Gasteiger partial charge in [0.1, 0.15) is 23.9 Å². The van der Waals surface area contributed by atoms with Gasteiger partial charge in [-0.1, -0.05) is 54.5 Å². The van der Waals surface area contributed by atoms with Crippen molar-refractivity contribution in [2.24, 2.45) is 16.6 Å². The first-order valence-corrected chi connectivity index (χ1v) is 14.0. The molecule has 0 amide bonds. The minimum Gasteiger partial charge on any atom is -0.458 e. The topological polar surface area (TPSA) is 140 Å². The van der Waals surface area contributed by atoms with E-state index >= 15 is 0 Å². The van der Waals surface area contributed by atoms with E-state index in [0.29, 0.717) is 12.0 Å². The van der Waals surface area contributed by atoms with Crippen LogP contribution in [-0.4, -0.2) is 47.9 Å². The molecular formula is C31H49NO9. The van der Waals surface area contributed by atoms with E-state index in [1.165, 1.54) is 12.1 Å². The molecule has 1 unspecified atom stereocenters. The van der Waals surface area contributed by atoms with Crippen LogP contribution >= 0.6 is 0 Å². The van der Waals surface area contributed by atoms with Crippen LogP contribution in [0.2, 0.25) is 0 Å². The van der Waals surface area contributed by atoms with Gasteiger partial charge in [-0.05, 0) is 69.1 Å². The minimum absolute atomic E-state index is 0.0492. The van der Waals surface area contributed by atoms with Gasteiger partial charge in [-0.25, -0.2) is 4.79 Å². The van der Waals surface area contributed by atoms with Crippen molar-refractivity contribution in [3.8, 4) is 11.5 Å². The third-order valence-electron chi connectivity index (χ3n) is 6.02. The number of carbonyl (C=O) groups is 4. The lowest BCUT2D eigenvalue weighted by Crippen LogP contribution is -2.40. The molecule has 0 bridgehead atoms. The number of carbonyl (C=O) groups excluding carboxylic acids is 4. The largest absolute Gasteiger partial charge is 0.509 e. The highest BCUT2D eigenvalue weighted by molar-refractivity contribution is 5.78. The molecule has 0 aromatic heterocycles. The summed E-state index contributed by atoms with van der Waals surface area (Å²) in [6, 6.07) is 3.60. The predicted octanol–water partition coefficient (Wildman–Crippen LogP) is 5.90. The monoisotopic (exact) mass is 579 g/mol. The standard InChI is InChI=1S/C31H49NO9/c1-12-31(10,11)41-28(36)38-20(3)19(2)37-27(35)22(32)15-21-13-14-23(39-25(33)17-29(4,5)6)24(16-21)40-26(34)18-30(7,8)9/h13-14,16,19-20,22H,12,15,17-18,32H2,1-11H3/t19-,20?,22-/m0/s1. The van der Waals surface area contributed by atoms with Crippen molar-refractivity contribution in [3.63, 3.8) is 0 Å². The predicted molar refractivity (Wildman–Crippen MR) is 154 cm³/mol. The average molecular weight is 580 g/mol. The number of hydrogen-bond donors (Lipinski definition) is 1. The molecule has 10 heteroatoms. The fourth-order valence-electron chi connectivity index (χ4n) is 3.30. The quantitative estimate of drug-likeness (QED) is 0.235. The molecule has 0 saturated carbocycles. The van der Waals surface area contributed by atoms with E-state index < -0.39 is 47.9 Å². The molecule has 0 heterocycles. The molecule has 0 spiro atoms. The van der Waals surface area contributed by atoms with E-state index in [4.69, 9.17) is 29.4 Å². The van der Waals surface area contributed by atoms with Gasteiger partial charge < -0.3 is 29.4 Å². The number of hydrogen-bond acceptors (Lipinski definition) is 10. The minimum atomic E-state index is -1.07.